The number of aliphatic hydroxyl groups excluding tert-OH is 1. The Hall–Kier alpha value is -0.0400. The third-order valence-corrected chi connectivity index (χ3v) is 4.75. The van der Waals surface area contributed by atoms with Crippen LogP contribution in [0.4, 0.5) is 0 Å². The van der Waals surface area contributed by atoms with E-state index in [4.69, 9.17) is 0 Å². The molecule has 0 aromatic rings. The molecule has 0 spiro atoms. The highest BCUT2D eigenvalue weighted by Gasteiger charge is 2.41. The summed E-state index contributed by atoms with van der Waals surface area (Å²) in [4.78, 5) is 0. The van der Waals surface area contributed by atoms with Crippen LogP contribution in [0.15, 0.2) is 0 Å². The van der Waals surface area contributed by atoms with Gasteiger partial charge >= 0.3 is 0 Å². The Bertz CT molecular complexity index is 190. The van der Waals surface area contributed by atoms with Gasteiger partial charge in [-0.3, -0.25) is 0 Å². The molecular weight excluding hydrogens is 172 g/mol. The van der Waals surface area contributed by atoms with Crippen molar-refractivity contribution in [3.05, 3.63) is 0 Å². The summed E-state index contributed by atoms with van der Waals surface area (Å²) in [6, 6.07) is 0. The minimum atomic E-state index is 0.0152. The highest BCUT2D eigenvalue weighted by Crippen LogP contribution is 2.47. The Morgan fingerprint density at radius 3 is 2.64 bits per heavy atom. The van der Waals surface area contributed by atoms with Crippen LogP contribution in [0, 0.1) is 23.7 Å². The Labute approximate surface area is 87.9 Å². The van der Waals surface area contributed by atoms with Crippen molar-refractivity contribution in [3.63, 3.8) is 0 Å². The van der Waals surface area contributed by atoms with Crippen LogP contribution in [0.3, 0.4) is 0 Å². The lowest BCUT2D eigenvalue weighted by molar-refractivity contribution is -0.0443. The SMILES string of the molecule is CCC1C2C(CCC[C@@H]2O)CC[C@@H]1C. The minimum Gasteiger partial charge on any atom is -0.393 e. The first-order valence-corrected chi connectivity index (χ1v) is 6.42. The molecule has 0 aliphatic heterocycles. The lowest BCUT2D eigenvalue weighted by Crippen LogP contribution is -2.43. The van der Waals surface area contributed by atoms with E-state index in [0.29, 0.717) is 5.92 Å². The third-order valence-electron chi connectivity index (χ3n) is 4.75. The second-order valence-corrected chi connectivity index (χ2v) is 5.46. The zero-order valence-corrected chi connectivity index (χ0v) is 9.58. The summed E-state index contributed by atoms with van der Waals surface area (Å²) in [6.07, 6.45) is 7.75. The van der Waals surface area contributed by atoms with Crippen molar-refractivity contribution in [2.24, 2.45) is 23.7 Å². The van der Waals surface area contributed by atoms with Gasteiger partial charge in [-0.25, -0.2) is 0 Å². The van der Waals surface area contributed by atoms with Gasteiger partial charge in [0.2, 0.25) is 0 Å². The standard InChI is InChI=1S/C13H24O/c1-3-11-9(2)7-8-10-5-4-6-12(14)13(10)11/h9-14H,3-8H2,1-2H3/t9-,10?,11?,12-,13?/m0/s1. The van der Waals surface area contributed by atoms with Crippen molar-refractivity contribution < 1.29 is 5.11 Å². The lowest BCUT2D eigenvalue weighted by atomic mass is 9.60. The van der Waals surface area contributed by atoms with E-state index < -0.39 is 0 Å². The second-order valence-electron chi connectivity index (χ2n) is 5.46. The molecule has 0 heterocycles. The molecule has 0 bridgehead atoms. The van der Waals surface area contributed by atoms with Crippen molar-refractivity contribution >= 4 is 0 Å². The quantitative estimate of drug-likeness (QED) is 0.682. The van der Waals surface area contributed by atoms with E-state index in [1.165, 1.54) is 32.1 Å². The van der Waals surface area contributed by atoms with Crippen LogP contribution in [0.2, 0.25) is 0 Å². The van der Waals surface area contributed by atoms with Crippen LogP contribution in [-0.2, 0) is 0 Å². The van der Waals surface area contributed by atoms with Crippen molar-refractivity contribution in [2.75, 3.05) is 0 Å². The van der Waals surface area contributed by atoms with Gasteiger partial charge in [0.1, 0.15) is 0 Å². The van der Waals surface area contributed by atoms with Gasteiger partial charge in [-0.2, -0.15) is 0 Å². The molecular formula is C13H24O. The first-order chi connectivity index (χ1) is 6.74. The molecule has 82 valence electrons. The fourth-order valence-electron chi connectivity index (χ4n) is 4.00. The first-order valence-electron chi connectivity index (χ1n) is 6.42. The predicted octanol–water partition coefficient (Wildman–Crippen LogP) is 3.22. The predicted molar refractivity (Wildman–Crippen MR) is 59.0 cm³/mol. The van der Waals surface area contributed by atoms with Crippen LogP contribution in [0.25, 0.3) is 0 Å². The fourth-order valence-corrected chi connectivity index (χ4v) is 4.00. The highest BCUT2D eigenvalue weighted by molar-refractivity contribution is 4.91. The number of hydrogen-bond donors (Lipinski definition) is 1. The second kappa shape index (κ2) is 4.22. The highest BCUT2D eigenvalue weighted by atomic mass is 16.3. The van der Waals surface area contributed by atoms with Crippen LogP contribution in [-0.4, -0.2) is 11.2 Å². The van der Waals surface area contributed by atoms with E-state index in [2.05, 4.69) is 13.8 Å². The maximum atomic E-state index is 10.1. The number of aliphatic hydroxyl groups is 1. The Morgan fingerprint density at radius 2 is 1.93 bits per heavy atom. The van der Waals surface area contributed by atoms with Gasteiger partial charge in [-0.1, -0.05) is 33.1 Å². The van der Waals surface area contributed by atoms with Crippen molar-refractivity contribution in [2.45, 2.75) is 58.5 Å². The monoisotopic (exact) mass is 196 g/mol. The van der Waals surface area contributed by atoms with Crippen molar-refractivity contribution in [3.8, 4) is 0 Å². The van der Waals surface area contributed by atoms with Gasteiger partial charge in [-0.05, 0) is 42.9 Å². The number of fused-ring (bicyclic) bond motifs is 1. The molecule has 2 aliphatic carbocycles. The average molecular weight is 196 g/mol. The van der Waals surface area contributed by atoms with Gasteiger partial charge in [-0.15, -0.1) is 0 Å². The zero-order chi connectivity index (χ0) is 10.1. The molecule has 2 aliphatic rings. The fraction of sp³-hybridized carbons (Fsp3) is 1.00. The minimum absolute atomic E-state index is 0.0152. The van der Waals surface area contributed by atoms with Crippen LogP contribution >= 0.6 is 0 Å². The molecule has 0 aromatic heterocycles. The maximum Gasteiger partial charge on any atom is 0.0573 e. The Morgan fingerprint density at radius 1 is 1.14 bits per heavy atom. The van der Waals surface area contributed by atoms with E-state index in [1.54, 1.807) is 0 Å². The summed E-state index contributed by atoms with van der Waals surface area (Å²) in [5.74, 6) is 3.12. The summed E-state index contributed by atoms with van der Waals surface area (Å²) in [5.41, 5.74) is 0. The van der Waals surface area contributed by atoms with Gasteiger partial charge in [0, 0.05) is 0 Å². The lowest BCUT2D eigenvalue weighted by Gasteiger charge is -2.47. The summed E-state index contributed by atoms with van der Waals surface area (Å²) >= 11 is 0. The molecule has 2 rings (SSSR count). The Balaban J connectivity index is 2.12. The molecule has 1 N–H and O–H groups in total. The number of rotatable bonds is 1. The molecule has 2 saturated carbocycles. The van der Waals surface area contributed by atoms with E-state index in [-0.39, 0.29) is 6.10 Å². The van der Waals surface area contributed by atoms with Crippen molar-refractivity contribution in [1.82, 2.24) is 0 Å². The summed E-state index contributed by atoms with van der Waals surface area (Å²) < 4.78 is 0. The maximum absolute atomic E-state index is 10.1. The van der Waals surface area contributed by atoms with Crippen LogP contribution < -0.4 is 0 Å². The molecule has 1 nitrogen and oxygen atoms in total. The molecule has 0 saturated heterocycles. The largest absolute Gasteiger partial charge is 0.393 e. The van der Waals surface area contributed by atoms with E-state index in [9.17, 15) is 5.11 Å². The molecule has 3 unspecified atom stereocenters. The molecule has 0 radical (unpaired) electrons. The summed E-state index contributed by atoms with van der Waals surface area (Å²) in [7, 11) is 0. The topological polar surface area (TPSA) is 20.2 Å². The molecule has 1 heteroatoms. The van der Waals surface area contributed by atoms with Crippen LogP contribution in [0.5, 0.6) is 0 Å². The third kappa shape index (κ3) is 1.71. The molecule has 5 atom stereocenters. The van der Waals surface area contributed by atoms with E-state index in [1.807, 2.05) is 0 Å². The zero-order valence-electron chi connectivity index (χ0n) is 9.58. The normalized spacial score (nSPS) is 48.6. The molecule has 2 fully saturated rings. The van der Waals surface area contributed by atoms with Gasteiger partial charge < -0.3 is 5.11 Å². The Kier molecular flexibility index (Phi) is 3.16. The van der Waals surface area contributed by atoms with Crippen LogP contribution in [0.1, 0.15) is 52.4 Å². The van der Waals surface area contributed by atoms with Crippen molar-refractivity contribution in [1.29, 1.82) is 0 Å². The smallest absolute Gasteiger partial charge is 0.0573 e. The summed E-state index contributed by atoms with van der Waals surface area (Å²) in [6.45, 7) is 4.68. The molecule has 14 heavy (non-hydrogen) atoms. The number of hydrogen-bond acceptors (Lipinski definition) is 1. The van der Waals surface area contributed by atoms with E-state index in [0.717, 1.165) is 24.2 Å². The average Bonchev–Trinajstić information content (AvgIpc) is 2.19. The first kappa shape index (κ1) is 10.5. The van der Waals surface area contributed by atoms with E-state index >= 15 is 0 Å². The van der Waals surface area contributed by atoms with Gasteiger partial charge in [0.05, 0.1) is 6.10 Å². The van der Waals surface area contributed by atoms with Gasteiger partial charge in [0.25, 0.3) is 0 Å². The molecule has 0 amide bonds. The van der Waals surface area contributed by atoms with Gasteiger partial charge in [0.15, 0.2) is 0 Å². The summed E-state index contributed by atoms with van der Waals surface area (Å²) in [5, 5.41) is 10.1. The molecule has 0 aromatic carbocycles.